The van der Waals surface area contributed by atoms with Gasteiger partial charge in [-0.15, -0.1) is 0 Å². The molecule has 1 aromatic carbocycles. The van der Waals surface area contributed by atoms with Crippen LogP contribution in [0.4, 0.5) is 0 Å². The van der Waals surface area contributed by atoms with E-state index >= 15 is 0 Å². The molecule has 0 fully saturated rings. The number of para-hydroxylation sites is 1. The number of aliphatic imine (C=N–C) groups is 1. The monoisotopic (exact) mass is 173 g/mol. The molecule has 0 radical (unpaired) electrons. The number of aromatic hydroxyl groups is 1. The number of allylic oxidation sites excluding steroid dienone is 1. The Balaban J connectivity index is 2.40. The summed E-state index contributed by atoms with van der Waals surface area (Å²) in [6, 6.07) is 7.32. The number of nitrogens with zero attached hydrogens (tertiary/aromatic N) is 1. The quantitative estimate of drug-likeness (QED) is 0.695. The zero-order valence-electron chi connectivity index (χ0n) is 7.27. The van der Waals surface area contributed by atoms with Crippen LogP contribution in [0.1, 0.15) is 18.4 Å². The summed E-state index contributed by atoms with van der Waals surface area (Å²) in [4.78, 5) is 4.24. The van der Waals surface area contributed by atoms with Crippen LogP contribution in [0.15, 0.2) is 41.5 Å². The van der Waals surface area contributed by atoms with Crippen LogP contribution < -0.4 is 0 Å². The first-order chi connectivity index (χ1) is 6.38. The Kier molecular flexibility index (Phi) is 2.13. The number of benzene rings is 1. The van der Waals surface area contributed by atoms with Crippen molar-refractivity contribution < 1.29 is 5.11 Å². The van der Waals surface area contributed by atoms with Crippen molar-refractivity contribution in [2.24, 2.45) is 4.99 Å². The van der Waals surface area contributed by atoms with Gasteiger partial charge >= 0.3 is 0 Å². The standard InChI is InChI=1S/C11H11NO/c13-11-7-2-1-5-9(11)10-6-3-4-8-12-10/h1-2,4-5,7-8,13H,3,6H2. The molecule has 0 spiro atoms. The highest BCUT2D eigenvalue weighted by molar-refractivity contribution is 6.03. The van der Waals surface area contributed by atoms with Crippen molar-refractivity contribution >= 4 is 5.71 Å². The van der Waals surface area contributed by atoms with Crippen molar-refractivity contribution in [3.63, 3.8) is 0 Å². The molecular weight excluding hydrogens is 162 g/mol. The molecule has 1 aromatic rings. The van der Waals surface area contributed by atoms with Crippen molar-refractivity contribution in [2.75, 3.05) is 0 Å². The van der Waals surface area contributed by atoms with Crippen molar-refractivity contribution in [3.8, 4) is 5.75 Å². The van der Waals surface area contributed by atoms with Crippen LogP contribution in [0.5, 0.6) is 5.75 Å². The summed E-state index contributed by atoms with van der Waals surface area (Å²) in [6.07, 6.45) is 5.75. The lowest BCUT2D eigenvalue weighted by atomic mass is 10.0. The number of hydrogen-bond acceptors (Lipinski definition) is 2. The van der Waals surface area contributed by atoms with E-state index in [1.54, 1.807) is 12.3 Å². The molecule has 0 saturated carbocycles. The first kappa shape index (κ1) is 8.05. The molecule has 0 unspecified atom stereocenters. The number of phenolic OH excluding ortho intramolecular Hbond substituents is 1. The molecule has 0 aliphatic carbocycles. The molecule has 0 bridgehead atoms. The Morgan fingerprint density at radius 3 is 2.77 bits per heavy atom. The molecule has 2 rings (SSSR count). The fourth-order valence-corrected chi connectivity index (χ4v) is 1.42. The summed E-state index contributed by atoms with van der Waals surface area (Å²) in [5.41, 5.74) is 1.83. The van der Waals surface area contributed by atoms with Gasteiger partial charge in [0.05, 0.1) is 5.71 Å². The third kappa shape index (κ3) is 1.61. The number of phenols is 1. The van der Waals surface area contributed by atoms with E-state index in [1.165, 1.54) is 0 Å². The first-order valence-corrected chi connectivity index (χ1v) is 4.38. The highest BCUT2D eigenvalue weighted by Gasteiger charge is 2.08. The normalized spacial score (nSPS) is 15.5. The average Bonchev–Trinajstić information content (AvgIpc) is 2.20. The maximum atomic E-state index is 9.56. The van der Waals surface area contributed by atoms with E-state index in [1.807, 2.05) is 24.3 Å². The molecule has 0 atom stereocenters. The third-order valence-corrected chi connectivity index (χ3v) is 2.10. The summed E-state index contributed by atoms with van der Waals surface area (Å²) >= 11 is 0. The molecule has 1 aliphatic heterocycles. The smallest absolute Gasteiger partial charge is 0.124 e. The van der Waals surface area contributed by atoms with Gasteiger partial charge in [-0.1, -0.05) is 18.2 Å². The molecule has 2 nitrogen and oxygen atoms in total. The minimum atomic E-state index is 0.316. The van der Waals surface area contributed by atoms with Crippen LogP contribution >= 0.6 is 0 Å². The van der Waals surface area contributed by atoms with Gasteiger partial charge in [-0.05, 0) is 25.0 Å². The van der Waals surface area contributed by atoms with Gasteiger partial charge in [0, 0.05) is 11.8 Å². The Labute approximate surface area is 77.3 Å². The van der Waals surface area contributed by atoms with Crippen LogP contribution in [0.2, 0.25) is 0 Å². The molecule has 2 heteroatoms. The van der Waals surface area contributed by atoms with Crippen molar-refractivity contribution in [2.45, 2.75) is 12.8 Å². The Morgan fingerprint density at radius 2 is 2.08 bits per heavy atom. The minimum absolute atomic E-state index is 0.316. The van der Waals surface area contributed by atoms with Crippen molar-refractivity contribution in [1.82, 2.24) is 0 Å². The fourth-order valence-electron chi connectivity index (χ4n) is 1.42. The van der Waals surface area contributed by atoms with Crippen LogP contribution in [-0.2, 0) is 0 Å². The zero-order valence-corrected chi connectivity index (χ0v) is 7.27. The summed E-state index contributed by atoms with van der Waals surface area (Å²) in [5.74, 6) is 0.316. The van der Waals surface area contributed by atoms with Gasteiger partial charge in [-0.3, -0.25) is 4.99 Å². The molecule has 0 aromatic heterocycles. The van der Waals surface area contributed by atoms with E-state index in [-0.39, 0.29) is 0 Å². The molecule has 1 N–H and O–H groups in total. The summed E-state index contributed by atoms with van der Waals surface area (Å²) in [7, 11) is 0. The van der Waals surface area contributed by atoms with Gasteiger partial charge in [0.15, 0.2) is 0 Å². The van der Waals surface area contributed by atoms with Gasteiger partial charge in [0.1, 0.15) is 5.75 Å². The lowest BCUT2D eigenvalue weighted by molar-refractivity contribution is 0.474. The molecule has 1 aliphatic rings. The first-order valence-electron chi connectivity index (χ1n) is 4.38. The highest BCUT2D eigenvalue weighted by Crippen LogP contribution is 2.20. The second kappa shape index (κ2) is 3.44. The summed E-state index contributed by atoms with van der Waals surface area (Å²) in [6.45, 7) is 0. The van der Waals surface area contributed by atoms with Gasteiger partial charge in [-0.2, -0.15) is 0 Å². The molecule has 66 valence electrons. The van der Waals surface area contributed by atoms with Crippen LogP contribution in [-0.4, -0.2) is 10.8 Å². The van der Waals surface area contributed by atoms with E-state index < -0.39 is 0 Å². The summed E-state index contributed by atoms with van der Waals surface area (Å²) < 4.78 is 0. The van der Waals surface area contributed by atoms with Crippen LogP contribution in [0.25, 0.3) is 0 Å². The molecule has 0 saturated heterocycles. The number of hydrogen-bond donors (Lipinski definition) is 1. The van der Waals surface area contributed by atoms with Gasteiger partial charge in [0.25, 0.3) is 0 Å². The molecule has 1 heterocycles. The fraction of sp³-hybridized carbons (Fsp3) is 0.182. The molecular formula is C11H11NO. The van der Waals surface area contributed by atoms with E-state index in [9.17, 15) is 5.11 Å². The van der Waals surface area contributed by atoms with Gasteiger partial charge in [-0.25, -0.2) is 0 Å². The maximum Gasteiger partial charge on any atom is 0.124 e. The van der Waals surface area contributed by atoms with E-state index in [0.29, 0.717) is 5.75 Å². The van der Waals surface area contributed by atoms with E-state index in [0.717, 1.165) is 24.1 Å². The Hall–Kier alpha value is -1.57. The molecule has 13 heavy (non-hydrogen) atoms. The zero-order chi connectivity index (χ0) is 9.10. The predicted molar refractivity (Wildman–Crippen MR) is 53.0 cm³/mol. The van der Waals surface area contributed by atoms with Crippen molar-refractivity contribution in [1.29, 1.82) is 0 Å². The topological polar surface area (TPSA) is 32.6 Å². The van der Waals surface area contributed by atoms with E-state index in [4.69, 9.17) is 0 Å². The number of rotatable bonds is 1. The minimum Gasteiger partial charge on any atom is -0.507 e. The predicted octanol–water partition coefficient (Wildman–Crippen LogP) is 2.49. The van der Waals surface area contributed by atoms with Crippen LogP contribution in [0.3, 0.4) is 0 Å². The highest BCUT2D eigenvalue weighted by atomic mass is 16.3. The second-order valence-corrected chi connectivity index (χ2v) is 3.02. The average molecular weight is 173 g/mol. The van der Waals surface area contributed by atoms with Gasteiger partial charge in [0.2, 0.25) is 0 Å². The van der Waals surface area contributed by atoms with E-state index in [2.05, 4.69) is 4.99 Å². The lowest BCUT2D eigenvalue weighted by Gasteiger charge is -2.08. The SMILES string of the molecule is Oc1ccccc1C1=NC=CCC1. The maximum absolute atomic E-state index is 9.56. The molecule has 0 amide bonds. The van der Waals surface area contributed by atoms with Gasteiger partial charge < -0.3 is 5.11 Å². The Morgan fingerprint density at radius 1 is 1.23 bits per heavy atom. The van der Waals surface area contributed by atoms with Crippen molar-refractivity contribution in [3.05, 3.63) is 42.1 Å². The van der Waals surface area contributed by atoms with Crippen LogP contribution in [0, 0.1) is 0 Å². The second-order valence-electron chi connectivity index (χ2n) is 3.02. The largest absolute Gasteiger partial charge is 0.507 e. The lowest BCUT2D eigenvalue weighted by Crippen LogP contribution is -2.02. The third-order valence-electron chi connectivity index (χ3n) is 2.10. The summed E-state index contributed by atoms with van der Waals surface area (Å²) in [5, 5.41) is 9.56. The Bertz CT molecular complexity index is 366.